The summed E-state index contributed by atoms with van der Waals surface area (Å²) in [7, 11) is 0. The molecular formula is C25H32O9. The molecule has 2 aliphatic heterocycles. The Hall–Kier alpha value is -2.39. The Balaban J connectivity index is 1.55. The lowest BCUT2D eigenvalue weighted by atomic mass is 9.61. The summed E-state index contributed by atoms with van der Waals surface area (Å²) in [6.45, 7) is 8.30. The second kappa shape index (κ2) is 7.55. The molecule has 9 heteroatoms. The van der Waals surface area contributed by atoms with Gasteiger partial charge in [-0.05, 0) is 47.5 Å². The number of carbonyl (C=O) groups is 3. The predicted molar refractivity (Wildman–Crippen MR) is 115 cm³/mol. The van der Waals surface area contributed by atoms with E-state index in [1.54, 1.807) is 33.8 Å². The van der Waals surface area contributed by atoms with Gasteiger partial charge in [0.05, 0.1) is 29.8 Å². The molecule has 0 aromatic carbocycles. The molecule has 0 radical (unpaired) electrons. The zero-order valence-corrected chi connectivity index (χ0v) is 20.0. The molecule has 4 fully saturated rings. The molecule has 3 saturated carbocycles. The molecule has 11 unspecified atom stereocenters. The molecule has 5 aliphatic rings. The standard InChI is InChI=1S/C25H32O9/c1-6-10(2)20(28)32-17-14-8-25-13-7-16(27)19(25)24(14,5)23(30)33-18(17)15(25)9-31-22(13)34-21(29)11(3)12(4)26/h6,9,11-14,16-19,22,26-27H,7-8H2,1-5H3. The highest BCUT2D eigenvalue weighted by molar-refractivity contribution is 5.88. The second-order valence-corrected chi connectivity index (χ2v) is 10.7. The van der Waals surface area contributed by atoms with Gasteiger partial charge in [-0.1, -0.05) is 6.08 Å². The minimum absolute atomic E-state index is 0.299. The molecule has 1 saturated heterocycles. The number of carbonyl (C=O) groups excluding carboxylic acids is 3. The summed E-state index contributed by atoms with van der Waals surface area (Å²) >= 11 is 0. The number of hydrogen-bond acceptors (Lipinski definition) is 9. The molecule has 34 heavy (non-hydrogen) atoms. The van der Waals surface area contributed by atoms with E-state index in [9.17, 15) is 24.6 Å². The molecule has 2 N–H and O–H groups in total. The third-order valence-corrected chi connectivity index (χ3v) is 9.27. The summed E-state index contributed by atoms with van der Waals surface area (Å²) in [5.41, 5.74) is -0.604. The van der Waals surface area contributed by atoms with Crippen molar-refractivity contribution >= 4 is 17.9 Å². The van der Waals surface area contributed by atoms with Crippen LogP contribution in [0.5, 0.6) is 0 Å². The van der Waals surface area contributed by atoms with E-state index in [-0.39, 0.29) is 5.92 Å². The Bertz CT molecular complexity index is 998. The Kier molecular flexibility index (Phi) is 5.19. The van der Waals surface area contributed by atoms with Gasteiger partial charge in [0, 0.05) is 34.3 Å². The number of allylic oxidation sites excluding steroid dienone is 1. The van der Waals surface area contributed by atoms with Crippen molar-refractivity contribution in [2.24, 2.45) is 34.5 Å². The van der Waals surface area contributed by atoms with Gasteiger partial charge in [-0.25, -0.2) is 4.79 Å². The van der Waals surface area contributed by atoms with Crippen molar-refractivity contribution in [2.75, 3.05) is 0 Å². The third-order valence-electron chi connectivity index (χ3n) is 9.27. The van der Waals surface area contributed by atoms with Crippen molar-refractivity contribution < 1.29 is 43.5 Å². The Labute approximate surface area is 198 Å². The Morgan fingerprint density at radius 2 is 1.97 bits per heavy atom. The van der Waals surface area contributed by atoms with Gasteiger partial charge in [-0.15, -0.1) is 0 Å². The molecule has 186 valence electrons. The lowest BCUT2D eigenvalue weighted by molar-refractivity contribution is -0.212. The van der Waals surface area contributed by atoms with Crippen molar-refractivity contribution in [3.8, 4) is 0 Å². The second-order valence-electron chi connectivity index (χ2n) is 10.7. The van der Waals surface area contributed by atoms with Crippen LogP contribution in [0.2, 0.25) is 0 Å². The summed E-state index contributed by atoms with van der Waals surface area (Å²) in [5.74, 6) is -3.44. The maximum Gasteiger partial charge on any atom is 0.333 e. The van der Waals surface area contributed by atoms with Crippen LogP contribution in [0.15, 0.2) is 23.5 Å². The van der Waals surface area contributed by atoms with Crippen LogP contribution in [-0.4, -0.2) is 58.8 Å². The molecule has 2 heterocycles. The van der Waals surface area contributed by atoms with E-state index in [2.05, 4.69) is 0 Å². The maximum absolute atomic E-state index is 13.3. The Morgan fingerprint density at radius 1 is 1.26 bits per heavy atom. The topological polar surface area (TPSA) is 129 Å². The number of aliphatic hydroxyl groups is 2. The van der Waals surface area contributed by atoms with Gasteiger partial charge in [-0.2, -0.15) is 0 Å². The van der Waals surface area contributed by atoms with Gasteiger partial charge in [-0.3, -0.25) is 9.59 Å². The smallest absolute Gasteiger partial charge is 0.333 e. The average molecular weight is 477 g/mol. The maximum atomic E-state index is 13.3. The van der Waals surface area contributed by atoms with E-state index in [1.165, 1.54) is 13.2 Å². The highest BCUT2D eigenvalue weighted by Crippen LogP contribution is 2.77. The lowest BCUT2D eigenvalue weighted by Crippen LogP contribution is -2.58. The molecule has 5 rings (SSSR count). The number of esters is 3. The SMILES string of the molecule is CC=C(C)C(=O)OC1C2OC(=O)C3(C)C1CC14C2=COC(OC(=O)C(C)C(C)O)C1CC(O)C34. The van der Waals surface area contributed by atoms with Crippen LogP contribution in [0, 0.1) is 34.5 Å². The van der Waals surface area contributed by atoms with E-state index in [0.717, 1.165) is 0 Å². The van der Waals surface area contributed by atoms with Crippen molar-refractivity contribution in [2.45, 2.75) is 78.2 Å². The van der Waals surface area contributed by atoms with E-state index < -0.39 is 77.2 Å². The first-order chi connectivity index (χ1) is 16.0. The van der Waals surface area contributed by atoms with E-state index in [4.69, 9.17) is 18.9 Å². The van der Waals surface area contributed by atoms with Crippen molar-refractivity contribution in [3.63, 3.8) is 0 Å². The summed E-state index contributed by atoms with van der Waals surface area (Å²) in [6.07, 6.45) is -0.283. The first-order valence-corrected chi connectivity index (χ1v) is 12.0. The molecule has 3 bridgehead atoms. The van der Waals surface area contributed by atoms with Gasteiger partial charge in [0.1, 0.15) is 6.10 Å². The van der Waals surface area contributed by atoms with Crippen LogP contribution in [0.4, 0.5) is 0 Å². The molecule has 1 spiro atoms. The fraction of sp³-hybridized carbons (Fsp3) is 0.720. The van der Waals surface area contributed by atoms with Gasteiger partial charge >= 0.3 is 17.9 Å². The van der Waals surface area contributed by atoms with Crippen molar-refractivity contribution in [1.29, 1.82) is 0 Å². The lowest BCUT2D eigenvalue weighted by Gasteiger charge is -2.51. The molecular weight excluding hydrogens is 444 g/mol. The zero-order chi connectivity index (χ0) is 24.7. The van der Waals surface area contributed by atoms with Crippen LogP contribution in [0.1, 0.15) is 47.5 Å². The van der Waals surface area contributed by atoms with Crippen LogP contribution in [-0.2, 0) is 33.3 Å². The van der Waals surface area contributed by atoms with Crippen molar-refractivity contribution in [1.82, 2.24) is 0 Å². The fourth-order valence-electron chi connectivity index (χ4n) is 7.25. The number of ether oxygens (including phenoxy) is 4. The summed E-state index contributed by atoms with van der Waals surface area (Å²) < 4.78 is 23.3. The van der Waals surface area contributed by atoms with E-state index in [0.29, 0.717) is 24.0 Å². The molecule has 9 nitrogen and oxygen atoms in total. The molecule has 3 aliphatic carbocycles. The quantitative estimate of drug-likeness (QED) is 0.345. The first-order valence-electron chi connectivity index (χ1n) is 12.0. The van der Waals surface area contributed by atoms with Gasteiger partial charge < -0.3 is 29.2 Å². The van der Waals surface area contributed by atoms with E-state index >= 15 is 0 Å². The van der Waals surface area contributed by atoms with Crippen molar-refractivity contribution in [3.05, 3.63) is 23.5 Å². The van der Waals surface area contributed by atoms with Crippen LogP contribution in [0.25, 0.3) is 0 Å². The minimum Gasteiger partial charge on any atom is -0.462 e. The Morgan fingerprint density at radius 3 is 2.62 bits per heavy atom. The molecule has 0 aromatic heterocycles. The van der Waals surface area contributed by atoms with E-state index in [1.807, 2.05) is 0 Å². The molecule has 0 amide bonds. The number of fused-ring (bicyclic) bond motifs is 3. The summed E-state index contributed by atoms with van der Waals surface area (Å²) in [4.78, 5) is 38.5. The molecule has 0 aromatic rings. The normalized spacial score (nSPS) is 45.5. The van der Waals surface area contributed by atoms with Crippen LogP contribution < -0.4 is 0 Å². The largest absolute Gasteiger partial charge is 0.462 e. The van der Waals surface area contributed by atoms with Gasteiger partial charge in [0.15, 0.2) is 6.10 Å². The highest BCUT2D eigenvalue weighted by Gasteiger charge is 2.82. The fourth-order valence-corrected chi connectivity index (χ4v) is 7.25. The van der Waals surface area contributed by atoms with Crippen LogP contribution in [0.3, 0.4) is 0 Å². The number of aliphatic hydroxyl groups excluding tert-OH is 2. The monoisotopic (exact) mass is 476 g/mol. The minimum atomic E-state index is -1.06. The third kappa shape index (κ3) is 2.77. The zero-order valence-electron chi connectivity index (χ0n) is 20.0. The summed E-state index contributed by atoms with van der Waals surface area (Å²) in [6, 6.07) is 0. The number of hydrogen-bond donors (Lipinski definition) is 2. The van der Waals surface area contributed by atoms with Gasteiger partial charge in [0.25, 0.3) is 0 Å². The van der Waals surface area contributed by atoms with Crippen LogP contribution >= 0.6 is 0 Å². The molecule has 11 atom stereocenters. The highest BCUT2D eigenvalue weighted by atomic mass is 16.7. The summed E-state index contributed by atoms with van der Waals surface area (Å²) in [5, 5.41) is 21.0. The van der Waals surface area contributed by atoms with Gasteiger partial charge in [0.2, 0.25) is 6.29 Å². The average Bonchev–Trinajstić information content (AvgIpc) is 3.20. The predicted octanol–water partition coefficient (Wildman–Crippen LogP) is 1.61. The number of rotatable bonds is 5. The first kappa shape index (κ1) is 23.4.